The quantitative estimate of drug-likeness (QED) is 0.211. The van der Waals surface area contributed by atoms with E-state index < -0.39 is 0 Å². The number of halogens is 1. The van der Waals surface area contributed by atoms with Crippen molar-refractivity contribution in [2.75, 3.05) is 16.8 Å². The number of carbonyl (C=O) groups is 1. The smallest absolute Gasteiger partial charge is 0.223 e. The summed E-state index contributed by atoms with van der Waals surface area (Å²) in [5.41, 5.74) is 1.01. The number of hydrogen-bond acceptors (Lipinski definition) is 1. The van der Waals surface area contributed by atoms with Gasteiger partial charge < -0.3 is 4.90 Å². The molecular formula is C24H42BrNO. The molecule has 2 nitrogen and oxygen atoms in total. The van der Waals surface area contributed by atoms with Gasteiger partial charge in [-0.25, -0.2) is 0 Å². The lowest BCUT2D eigenvalue weighted by Crippen LogP contribution is -2.29. The van der Waals surface area contributed by atoms with Crippen LogP contribution in [0.15, 0.2) is 30.3 Å². The molecule has 0 bridgehead atoms. The van der Waals surface area contributed by atoms with E-state index in [9.17, 15) is 4.79 Å². The van der Waals surface area contributed by atoms with Gasteiger partial charge in [-0.1, -0.05) is 112 Å². The number of alkyl halides is 1. The minimum Gasteiger partial charge on any atom is -0.313 e. The highest BCUT2D eigenvalue weighted by Crippen LogP contribution is 2.15. The molecule has 0 aromatic heterocycles. The third-order valence-electron chi connectivity index (χ3n) is 4.67. The summed E-state index contributed by atoms with van der Waals surface area (Å²) in [5.74, 6) is 0.134. The van der Waals surface area contributed by atoms with Crippen LogP contribution in [0, 0.1) is 0 Å². The molecule has 0 saturated heterocycles. The number of carbonyl (C=O) groups excluding carboxylic acids is 1. The normalized spacial score (nSPS) is 10.2. The van der Waals surface area contributed by atoms with Crippen LogP contribution in [0.5, 0.6) is 0 Å². The van der Waals surface area contributed by atoms with E-state index in [1.165, 1.54) is 76.0 Å². The van der Waals surface area contributed by atoms with Gasteiger partial charge in [0.2, 0.25) is 5.91 Å². The maximum atomic E-state index is 11.6. The minimum absolute atomic E-state index is 0.134. The summed E-state index contributed by atoms with van der Waals surface area (Å²) in [6.45, 7) is 6.97. The van der Waals surface area contributed by atoms with Gasteiger partial charge in [-0.05, 0) is 25.0 Å². The first-order valence-electron chi connectivity index (χ1n) is 11.1. The maximum absolute atomic E-state index is 11.6. The standard InChI is InChI=1S/C16H25NO.C8H17Br/c1-3-4-5-6-7-11-14-17(15(2)18)16-12-9-8-10-13-16;1-2-3-4-5-6-7-8-9/h8-10,12-13H,3-7,11,14H2,1-2H3;2-8H2,1H3. The van der Waals surface area contributed by atoms with Gasteiger partial charge in [-0.2, -0.15) is 0 Å². The van der Waals surface area contributed by atoms with Gasteiger partial charge in [0, 0.05) is 24.5 Å². The molecular weight excluding hydrogens is 398 g/mol. The van der Waals surface area contributed by atoms with E-state index in [2.05, 4.69) is 29.8 Å². The maximum Gasteiger partial charge on any atom is 0.223 e. The fourth-order valence-corrected chi connectivity index (χ4v) is 3.40. The summed E-state index contributed by atoms with van der Waals surface area (Å²) < 4.78 is 0. The molecule has 27 heavy (non-hydrogen) atoms. The van der Waals surface area contributed by atoms with Gasteiger partial charge in [-0.15, -0.1) is 0 Å². The molecule has 0 aliphatic carbocycles. The number of benzene rings is 1. The van der Waals surface area contributed by atoms with Crippen molar-refractivity contribution < 1.29 is 4.79 Å². The molecule has 1 amide bonds. The van der Waals surface area contributed by atoms with E-state index in [4.69, 9.17) is 0 Å². The Labute approximate surface area is 177 Å². The number of anilines is 1. The summed E-state index contributed by atoms with van der Waals surface area (Å²) in [5, 5.41) is 1.18. The Morgan fingerprint density at radius 1 is 0.778 bits per heavy atom. The Morgan fingerprint density at radius 3 is 1.74 bits per heavy atom. The van der Waals surface area contributed by atoms with Crippen LogP contribution in [0.1, 0.15) is 97.8 Å². The van der Waals surface area contributed by atoms with E-state index in [0.717, 1.165) is 18.7 Å². The zero-order valence-electron chi connectivity index (χ0n) is 18.0. The Hall–Kier alpha value is -0.830. The largest absolute Gasteiger partial charge is 0.313 e. The molecule has 3 heteroatoms. The highest BCUT2D eigenvalue weighted by Gasteiger charge is 2.09. The van der Waals surface area contributed by atoms with Gasteiger partial charge in [0.05, 0.1) is 0 Å². The fraction of sp³-hybridized carbons (Fsp3) is 0.708. The second kappa shape index (κ2) is 19.9. The van der Waals surface area contributed by atoms with E-state index in [1.54, 1.807) is 6.92 Å². The number of nitrogens with zero attached hydrogens (tertiary/aromatic N) is 1. The Bertz CT molecular complexity index is 429. The summed E-state index contributed by atoms with van der Waals surface area (Å²) in [6, 6.07) is 9.93. The van der Waals surface area contributed by atoms with Gasteiger partial charge in [-0.3, -0.25) is 4.79 Å². The van der Waals surface area contributed by atoms with Gasteiger partial charge in [0.15, 0.2) is 0 Å². The molecule has 1 aromatic carbocycles. The third-order valence-corrected chi connectivity index (χ3v) is 5.23. The van der Waals surface area contributed by atoms with E-state index in [0.29, 0.717) is 0 Å². The van der Waals surface area contributed by atoms with Gasteiger partial charge in [0.25, 0.3) is 0 Å². The number of amides is 1. The molecule has 0 aliphatic rings. The second-order valence-corrected chi connectivity index (χ2v) is 8.02. The summed E-state index contributed by atoms with van der Waals surface area (Å²) in [4.78, 5) is 13.5. The van der Waals surface area contributed by atoms with Crippen molar-refractivity contribution in [3.8, 4) is 0 Å². The van der Waals surface area contributed by atoms with Crippen LogP contribution in [0.3, 0.4) is 0 Å². The van der Waals surface area contributed by atoms with Crippen LogP contribution in [0.2, 0.25) is 0 Å². The fourth-order valence-electron chi connectivity index (χ4n) is 3.00. The Balaban J connectivity index is 0.000000636. The van der Waals surface area contributed by atoms with Gasteiger partial charge in [0.1, 0.15) is 0 Å². The molecule has 0 saturated carbocycles. The first kappa shape index (κ1) is 26.2. The average molecular weight is 441 g/mol. The van der Waals surface area contributed by atoms with E-state index >= 15 is 0 Å². The Morgan fingerprint density at radius 2 is 1.26 bits per heavy atom. The minimum atomic E-state index is 0.134. The first-order chi connectivity index (χ1) is 13.2. The first-order valence-corrected chi connectivity index (χ1v) is 12.2. The van der Waals surface area contributed by atoms with Gasteiger partial charge >= 0.3 is 0 Å². The van der Waals surface area contributed by atoms with Crippen molar-refractivity contribution in [3.63, 3.8) is 0 Å². The van der Waals surface area contributed by atoms with E-state index in [1.807, 2.05) is 35.2 Å². The molecule has 0 radical (unpaired) electrons. The van der Waals surface area contributed by atoms with Crippen molar-refractivity contribution in [1.29, 1.82) is 0 Å². The van der Waals surface area contributed by atoms with Crippen molar-refractivity contribution >= 4 is 27.5 Å². The second-order valence-electron chi connectivity index (χ2n) is 7.23. The molecule has 156 valence electrons. The van der Waals surface area contributed by atoms with Crippen LogP contribution >= 0.6 is 15.9 Å². The summed E-state index contributed by atoms with van der Waals surface area (Å²) in [6.07, 6.45) is 15.9. The van der Waals surface area contributed by atoms with Crippen molar-refractivity contribution in [3.05, 3.63) is 30.3 Å². The lowest BCUT2D eigenvalue weighted by Gasteiger charge is -2.21. The SMILES string of the molecule is CCCCCCCCBr.CCCCCCCCN(C(C)=O)c1ccccc1. The molecule has 0 spiro atoms. The van der Waals surface area contributed by atoms with Crippen LogP contribution < -0.4 is 4.90 Å². The monoisotopic (exact) mass is 439 g/mol. The molecule has 0 atom stereocenters. The Kier molecular flexibility index (Phi) is 19.3. The molecule has 0 N–H and O–H groups in total. The van der Waals surface area contributed by atoms with Crippen LogP contribution in [0.25, 0.3) is 0 Å². The lowest BCUT2D eigenvalue weighted by atomic mass is 10.1. The molecule has 0 fully saturated rings. The number of rotatable bonds is 14. The number of unbranched alkanes of at least 4 members (excludes halogenated alkanes) is 10. The summed E-state index contributed by atoms with van der Waals surface area (Å²) in [7, 11) is 0. The van der Waals surface area contributed by atoms with Crippen LogP contribution in [-0.4, -0.2) is 17.8 Å². The highest BCUT2D eigenvalue weighted by atomic mass is 79.9. The molecule has 1 aromatic rings. The van der Waals surface area contributed by atoms with Crippen LogP contribution in [-0.2, 0) is 4.79 Å². The van der Waals surface area contributed by atoms with Crippen molar-refractivity contribution in [1.82, 2.24) is 0 Å². The highest BCUT2D eigenvalue weighted by molar-refractivity contribution is 9.09. The molecule has 0 unspecified atom stereocenters. The van der Waals surface area contributed by atoms with Crippen molar-refractivity contribution in [2.24, 2.45) is 0 Å². The van der Waals surface area contributed by atoms with Crippen LogP contribution in [0.4, 0.5) is 5.69 Å². The number of hydrogen-bond donors (Lipinski definition) is 0. The van der Waals surface area contributed by atoms with E-state index in [-0.39, 0.29) is 5.91 Å². The zero-order chi connectivity index (χ0) is 20.2. The molecule has 0 heterocycles. The topological polar surface area (TPSA) is 20.3 Å². The molecule has 0 aliphatic heterocycles. The predicted molar refractivity (Wildman–Crippen MR) is 125 cm³/mol. The third kappa shape index (κ3) is 15.9. The lowest BCUT2D eigenvalue weighted by molar-refractivity contribution is -0.116. The molecule has 1 rings (SSSR count). The number of para-hydroxylation sites is 1. The predicted octanol–water partition coefficient (Wildman–Crippen LogP) is 8.14. The average Bonchev–Trinajstić information content (AvgIpc) is 2.68. The zero-order valence-corrected chi connectivity index (χ0v) is 19.6. The summed E-state index contributed by atoms with van der Waals surface area (Å²) >= 11 is 3.42. The van der Waals surface area contributed by atoms with Crippen molar-refractivity contribution in [2.45, 2.75) is 97.8 Å².